The molecule has 2 heterocycles. The second kappa shape index (κ2) is 8.37. The van der Waals surface area contributed by atoms with E-state index in [9.17, 15) is 9.59 Å². The molecule has 7 nitrogen and oxygen atoms in total. The second-order valence-electron chi connectivity index (χ2n) is 7.34. The Morgan fingerprint density at radius 1 is 1.11 bits per heavy atom. The second-order valence-corrected chi connectivity index (χ2v) is 7.34. The fourth-order valence-electron chi connectivity index (χ4n) is 3.34. The van der Waals surface area contributed by atoms with Crippen LogP contribution in [0.3, 0.4) is 0 Å². The highest BCUT2D eigenvalue weighted by molar-refractivity contribution is 6.04. The number of carbonyl (C=O) groups is 2. The summed E-state index contributed by atoms with van der Waals surface area (Å²) in [6.45, 7) is 6.10. The Morgan fingerprint density at radius 3 is 2.46 bits per heavy atom. The van der Waals surface area contributed by atoms with Crippen molar-refractivity contribution in [2.24, 2.45) is 5.41 Å². The minimum Gasteiger partial charge on any atom is -0.495 e. The summed E-state index contributed by atoms with van der Waals surface area (Å²) < 4.78 is 10.7. The average molecular weight is 385 g/mol. The lowest BCUT2D eigenvalue weighted by Gasteiger charge is -2.39. The summed E-state index contributed by atoms with van der Waals surface area (Å²) >= 11 is 0. The van der Waals surface area contributed by atoms with Gasteiger partial charge in [0.25, 0.3) is 0 Å². The molecule has 1 N–H and O–H groups in total. The van der Waals surface area contributed by atoms with E-state index in [0.29, 0.717) is 31.9 Å². The molecule has 0 atom stereocenters. The molecule has 0 saturated carbocycles. The van der Waals surface area contributed by atoms with Gasteiger partial charge in [-0.3, -0.25) is 9.59 Å². The lowest BCUT2D eigenvalue weighted by Crippen LogP contribution is -2.55. The number of methoxy groups -OCH3 is 1. The molecule has 1 aliphatic rings. The molecule has 0 bridgehead atoms. The van der Waals surface area contributed by atoms with Gasteiger partial charge < -0.3 is 24.3 Å². The third-order valence-electron chi connectivity index (χ3n) is 5.10. The quantitative estimate of drug-likeness (QED) is 0.772. The first-order valence-electron chi connectivity index (χ1n) is 9.41. The number of para-hydroxylation sites is 2. The van der Waals surface area contributed by atoms with E-state index in [4.69, 9.17) is 9.15 Å². The van der Waals surface area contributed by atoms with Crippen molar-refractivity contribution in [2.75, 3.05) is 38.2 Å². The van der Waals surface area contributed by atoms with Crippen molar-refractivity contribution in [3.63, 3.8) is 0 Å². The number of hydrogen-bond donors (Lipinski definition) is 1. The summed E-state index contributed by atoms with van der Waals surface area (Å²) in [6, 6.07) is 11.4. The number of rotatable bonds is 6. The average Bonchev–Trinajstić information content (AvgIpc) is 3.25. The zero-order valence-corrected chi connectivity index (χ0v) is 16.6. The highest BCUT2D eigenvalue weighted by atomic mass is 16.5. The number of ether oxygens (including phenoxy) is 1. The maximum absolute atomic E-state index is 13.0. The highest BCUT2D eigenvalue weighted by Gasteiger charge is 2.40. The first-order valence-corrected chi connectivity index (χ1v) is 9.41. The van der Waals surface area contributed by atoms with Crippen LogP contribution in [0.4, 0.5) is 5.69 Å². The number of nitrogens with one attached hydrogen (secondary N) is 1. The van der Waals surface area contributed by atoms with E-state index in [1.165, 1.54) is 0 Å². The molecule has 1 fully saturated rings. The monoisotopic (exact) mass is 385 g/mol. The number of furan rings is 1. The molecule has 1 saturated heterocycles. The molecule has 2 amide bonds. The topological polar surface area (TPSA) is 75.0 Å². The lowest BCUT2D eigenvalue weighted by molar-refractivity contribution is -0.148. The van der Waals surface area contributed by atoms with Gasteiger partial charge in [-0.25, -0.2) is 0 Å². The summed E-state index contributed by atoms with van der Waals surface area (Å²) in [5.41, 5.74) is -0.119. The summed E-state index contributed by atoms with van der Waals surface area (Å²) in [7, 11) is 1.66. The molecule has 2 aromatic rings. The molecule has 3 rings (SSSR count). The van der Waals surface area contributed by atoms with Crippen LogP contribution in [0.1, 0.15) is 19.6 Å². The summed E-state index contributed by atoms with van der Waals surface area (Å²) in [5, 5.41) is 2.79. The van der Waals surface area contributed by atoms with Crippen LogP contribution >= 0.6 is 0 Å². The third kappa shape index (κ3) is 4.13. The SMILES string of the molecule is COc1ccccc1N1CCN(C(=O)C(C)(C)C(=O)NCc2ccco2)CC1. The van der Waals surface area contributed by atoms with Crippen LogP contribution < -0.4 is 15.0 Å². The predicted octanol–water partition coefficient (Wildman–Crippen LogP) is 2.28. The van der Waals surface area contributed by atoms with Gasteiger partial charge in [-0.05, 0) is 38.1 Å². The van der Waals surface area contributed by atoms with Crippen molar-refractivity contribution < 1.29 is 18.7 Å². The fraction of sp³-hybridized carbons (Fsp3) is 0.429. The normalized spacial score (nSPS) is 14.7. The van der Waals surface area contributed by atoms with Gasteiger partial charge in [-0.2, -0.15) is 0 Å². The Bertz CT molecular complexity index is 809. The molecule has 150 valence electrons. The standard InChI is InChI=1S/C21H27N3O4/c1-21(2,19(25)22-15-16-7-6-14-28-16)20(26)24-12-10-23(11-13-24)17-8-4-5-9-18(17)27-3/h4-9,14H,10-13,15H2,1-3H3,(H,22,25). The summed E-state index contributed by atoms with van der Waals surface area (Å²) in [4.78, 5) is 29.5. The van der Waals surface area contributed by atoms with Gasteiger partial charge in [0.15, 0.2) is 0 Å². The molecule has 0 radical (unpaired) electrons. The largest absolute Gasteiger partial charge is 0.495 e. The van der Waals surface area contributed by atoms with Crippen molar-refractivity contribution >= 4 is 17.5 Å². The van der Waals surface area contributed by atoms with Crippen molar-refractivity contribution in [1.29, 1.82) is 0 Å². The molecule has 1 aliphatic heterocycles. The van der Waals surface area contributed by atoms with E-state index in [0.717, 1.165) is 11.4 Å². The Balaban J connectivity index is 1.58. The minimum atomic E-state index is -1.14. The number of hydrogen-bond acceptors (Lipinski definition) is 5. The summed E-state index contributed by atoms with van der Waals surface area (Å²) in [5.74, 6) is 1.01. The van der Waals surface area contributed by atoms with Gasteiger partial charge in [0.2, 0.25) is 11.8 Å². The number of nitrogens with zero attached hydrogens (tertiary/aromatic N) is 2. The van der Waals surface area contributed by atoms with Crippen LogP contribution in [0, 0.1) is 5.41 Å². The molecule has 0 unspecified atom stereocenters. The first kappa shape index (κ1) is 19.8. The first-order chi connectivity index (χ1) is 13.4. The predicted molar refractivity (Wildman–Crippen MR) is 106 cm³/mol. The van der Waals surface area contributed by atoms with Gasteiger partial charge in [0.05, 0.1) is 25.6 Å². The van der Waals surface area contributed by atoms with E-state index >= 15 is 0 Å². The van der Waals surface area contributed by atoms with Crippen LogP contribution in [0.2, 0.25) is 0 Å². The van der Waals surface area contributed by atoms with Gasteiger partial charge in [0, 0.05) is 26.2 Å². The molecule has 1 aromatic heterocycles. The molecular formula is C21H27N3O4. The molecular weight excluding hydrogens is 358 g/mol. The molecule has 7 heteroatoms. The van der Waals surface area contributed by atoms with Gasteiger partial charge in [-0.1, -0.05) is 12.1 Å². The Kier molecular flexibility index (Phi) is 5.92. The van der Waals surface area contributed by atoms with E-state index in [1.54, 1.807) is 44.3 Å². The minimum absolute atomic E-state index is 0.163. The van der Waals surface area contributed by atoms with E-state index in [2.05, 4.69) is 10.2 Å². The smallest absolute Gasteiger partial charge is 0.237 e. The van der Waals surface area contributed by atoms with Gasteiger partial charge in [-0.15, -0.1) is 0 Å². The lowest BCUT2D eigenvalue weighted by atomic mass is 9.90. The van der Waals surface area contributed by atoms with Crippen LogP contribution in [0.15, 0.2) is 47.1 Å². The van der Waals surface area contributed by atoms with Crippen LogP contribution in [-0.2, 0) is 16.1 Å². The van der Waals surface area contributed by atoms with Crippen LogP contribution in [0.25, 0.3) is 0 Å². The maximum Gasteiger partial charge on any atom is 0.237 e. The zero-order valence-electron chi connectivity index (χ0n) is 16.6. The Hall–Kier alpha value is -2.96. The van der Waals surface area contributed by atoms with Crippen molar-refractivity contribution in [2.45, 2.75) is 20.4 Å². The fourth-order valence-corrected chi connectivity index (χ4v) is 3.34. The van der Waals surface area contributed by atoms with Crippen LogP contribution in [0.5, 0.6) is 5.75 Å². The zero-order chi connectivity index (χ0) is 20.1. The van der Waals surface area contributed by atoms with E-state index in [-0.39, 0.29) is 18.4 Å². The molecule has 28 heavy (non-hydrogen) atoms. The number of benzene rings is 1. The number of anilines is 1. The number of amides is 2. The Morgan fingerprint density at radius 2 is 1.82 bits per heavy atom. The highest BCUT2D eigenvalue weighted by Crippen LogP contribution is 2.29. The molecule has 0 spiro atoms. The number of piperazine rings is 1. The van der Waals surface area contributed by atoms with E-state index in [1.807, 2.05) is 24.3 Å². The molecule has 1 aromatic carbocycles. The number of carbonyl (C=O) groups excluding carboxylic acids is 2. The van der Waals surface area contributed by atoms with Crippen molar-refractivity contribution in [1.82, 2.24) is 10.2 Å². The van der Waals surface area contributed by atoms with Gasteiger partial charge >= 0.3 is 0 Å². The van der Waals surface area contributed by atoms with E-state index < -0.39 is 5.41 Å². The Labute approximate surface area is 165 Å². The van der Waals surface area contributed by atoms with Crippen molar-refractivity contribution in [3.8, 4) is 5.75 Å². The van der Waals surface area contributed by atoms with Gasteiger partial charge in [0.1, 0.15) is 16.9 Å². The molecule has 0 aliphatic carbocycles. The summed E-state index contributed by atoms with van der Waals surface area (Å²) in [6.07, 6.45) is 1.55. The maximum atomic E-state index is 13.0. The van der Waals surface area contributed by atoms with Crippen molar-refractivity contribution in [3.05, 3.63) is 48.4 Å². The van der Waals surface area contributed by atoms with Crippen LogP contribution in [-0.4, -0.2) is 50.0 Å². The third-order valence-corrected chi connectivity index (χ3v) is 5.10.